The van der Waals surface area contributed by atoms with Crippen molar-refractivity contribution in [2.45, 2.75) is 19.1 Å². The molecule has 5 heteroatoms. The lowest BCUT2D eigenvalue weighted by molar-refractivity contribution is 0.192. The zero-order chi connectivity index (χ0) is 16.2. The van der Waals surface area contributed by atoms with Gasteiger partial charge in [0.05, 0.1) is 0 Å². The number of hydrogen-bond donors (Lipinski definition) is 0. The van der Waals surface area contributed by atoms with Gasteiger partial charge in [0.15, 0.2) is 11.5 Å². The first-order chi connectivity index (χ1) is 11.1. The first kappa shape index (κ1) is 16.4. The zero-order valence-electron chi connectivity index (χ0n) is 13.0. The molecule has 1 aliphatic heterocycles. The highest BCUT2D eigenvalue weighted by molar-refractivity contribution is 6.31. The van der Waals surface area contributed by atoms with Gasteiger partial charge in [0.2, 0.25) is 0 Å². The maximum atomic E-state index is 6.10. The van der Waals surface area contributed by atoms with Crippen molar-refractivity contribution < 1.29 is 9.47 Å². The van der Waals surface area contributed by atoms with Crippen molar-refractivity contribution in [3.63, 3.8) is 0 Å². The summed E-state index contributed by atoms with van der Waals surface area (Å²) in [6, 6.07) is 13.1. The van der Waals surface area contributed by atoms with Gasteiger partial charge in [-0.2, -0.15) is 0 Å². The van der Waals surface area contributed by atoms with Gasteiger partial charge in [0, 0.05) is 29.2 Å². The molecule has 1 heterocycles. The fourth-order valence-electron chi connectivity index (χ4n) is 2.65. The van der Waals surface area contributed by atoms with Crippen molar-refractivity contribution in [1.82, 2.24) is 4.90 Å². The molecule has 23 heavy (non-hydrogen) atoms. The van der Waals surface area contributed by atoms with Gasteiger partial charge in [-0.25, -0.2) is 0 Å². The third kappa shape index (κ3) is 4.54. The normalized spacial score (nSPS) is 18.1. The Morgan fingerprint density at radius 2 is 1.91 bits per heavy atom. The van der Waals surface area contributed by atoms with Crippen LogP contribution in [0, 0.1) is 0 Å². The average molecular weight is 352 g/mol. The molecule has 1 saturated heterocycles. The van der Waals surface area contributed by atoms with E-state index in [0.29, 0.717) is 22.4 Å². The van der Waals surface area contributed by atoms with Gasteiger partial charge in [-0.15, -0.1) is 0 Å². The zero-order valence-corrected chi connectivity index (χ0v) is 14.5. The van der Waals surface area contributed by atoms with Gasteiger partial charge in [0.1, 0.15) is 12.7 Å². The van der Waals surface area contributed by atoms with Crippen LogP contribution in [-0.2, 0) is 6.61 Å². The average Bonchev–Trinajstić information content (AvgIpc) is 2.93. The SMILES string of the molecule is CN1CCC(Oc2ccc(Cl)cc2OCc2cccc(Cl)c2)C1. The third-order valence-electron chi connectivity index (χ3n) is 3.83. The molecule has 0 radical (unpaired) electrons. The van der Waals surface area contributed by atoms with Crippen LogP contribution in [0.4, 0.5) is 0 Å². The van der Waals surface area contributed by atoms with E-state index in [1.807, 2.05) is 36.4 Å². The molecular formula is C18H19Cl2NO2. The molecule has 0 saturated carbocycles. The first-order valence-electron chi connectivity index (χ1n) is 7.62. The molecular weight excluding hydrogens is 333 g/mol. The molecule has 122 valence electrons. The van der Waals surface area contributed by atoms with Crippen LogP contribution in [0.2, 0.25) is 10.0 Å². The van der Waals surface area contributed by atoms with Gasteiger partial charge in [-0.05, 0) is 43.3 Å². The van der Waals surface area contributed by atoms with Gasteiger partial charge in [-0.3, -0.25) is 0 Å². The third-order valence-corrected chi connectivity index (χ3v) is 4.30. The Balaban J connectivity index is 1.71. The second kappa shape index (κ2) is 7.43. The maximum Gasteiger partial charge on any atom is 0.163 e. The van der Waals surface area contributed by atoms with E-state index in [9.17, 15) is 0 Å². The van der Waals surface area contributed by atoms with Crippen LogP contribution in [0.15, 0.2) is 42.5 Å². The quantitative estimate of drug-likeness (QED) is 0.782. The Hall–Kier alpha value is -1.42. The summed E-state index contributed by atoms with van der Waals surface area (Å²) in [4.78, 5) is 2.26. The van der Waals surface area contributed by atoms with Crippen LogP contribution in [0.25, 0.3) is 0 Å². The van der Waals surface area contributed by atoms with Crippen LogP contribution in [-0.4, -0.2) is 31.1 Å². The summed E-state index contributed by atoms with van der Waals surface area (Å²) in [6.45, 7) is 2.40. The van der Waals surface area contributed by atoms with Crippen molar-refractivity contribution >= 4 is 23.2 Å². The molecule has 1 unspecified atom stereocenters. The largest absolute Gasteiger partial charge is 0.485 e. The molecule has 0 aliphatic carbocycles. The lowest BCUT2D eigenvalue weighted by atomic mass is 10.2. The maximum absolute atomic E-state index is 6.10. The molecule has 1 fully saturated rings. The van der Waals surface area contributed by atoms with E-state index in [4.69, 9.17) is 32.7 Å². The summed E-state index contributed by atoms with van der Waals surface area (Å²) in [6.07, 6.45) is 1.21. The monoisotopic (exact) mass is 351 g/mol. The lowest BCUT2D eigenvalue weighted by Crippen LogP contribution is -2.21. The first-order valence-corrected chi connectivity index (χ1v) is 8.38. The fourth-order valence-corrected chi connectivity index (χ4v) is 3.03. The molecule has 2 aromatic rings. The molecule has 0 spiro atoms. The number of hydrogen-bond acceptors (Lipinski definition) is 3. The number of likely N-dealkylation sites (tertiary alicyclic amines) is 1. The van der Waals surface area contributed by atoms with E-state index < -0.39 is 0 Å². The summed E-state index contributed by atoms with van der Waals surface area (Å²) in [5.41, 5.74) is 1.00. The number of likely N-dealkylation sites (N-methyl/N-ethyl adjacent to an activating group) is 1. The van der Waals surface area contributed by atoms with Gasteiger partial charge in [-0.1, -0.05) is 35.3 Å². The smallest absolute Gasteiger partial charge is 0.163 e. The summed E-state index contributed by atoms with van der Waals surface area (Å²) >= 11 is 12.1. The minimum Gasteiger partial charge on any atom is -0.485 e. The van der Waals surface area contributed by atoms with Crippen LogP contribution < -0.4 is 9.47 Å². The van der Waals surface area contributed by atoms with Crippen molar-refractivity contribution in [2.24, 2.45) is 0 Å². The van der Waals surface area contributed by atoms with E-state index >= 15 is 0 Å². The molecule has 1 atom stereocenters. The summed E-state index contributed by atoms with van der Waals surface area (Å²) in [5.74, 6) is 1.39. The minimum atomic E-state index is 0.190. The topological polar surface area (TPSA) is 21.7 Å². The highest BCUT2D eigenvalue weighted by Crippen LogP contribution is 2.33. The molecule has 0 N–H and O–H groups in total. The van der Waals surface area contributed by atoms with E-state index in [2.05, 4.69) is 11.9 Å². The van der Waals surface area contributed by atoms with Crippen molar-refractivity contribution in [1.29, 1.82) is 0 Å². The Labute approximate surface area is 146 Å². The summed E-state index contributed by atoms with van der Waals surface area (Å²) in [5, 5.41) is 1.32. The van der Waals surface area contributed by atoms with Crippen LogP contribution in [0.5, 0.6) is 11.5 Å². The van der Waals surface area contributed by atoms with Gasteiger partial charge in [0.25, 0.3) is 0 Å². The van der Waals surface area contributed by atoms with Crippen molar-refractivity contribution in [2.75, 3.05) is 20.1 Å². The number of ether oxygens (including phenoxy) is 2. The summed E-state index contributed by atoms with van der Waals surface area (Å²) in [7, 11) is 2.10. The number of benzene rings is 2. The second-order valence-electron chi connectivity index (χ2n) is 5.80. The van der Waals surface area contributed by atoms with Crippen LogP contribution >= 0.6 is 23.2 Å². The van der Waals surface area contributed by atoms with E-state index in [0.717, 1.165) is 30.8 Å². The lowest BCUT2D eigenvalue weighted by Gasteiger charge is -2.17. The molecule has 2 aromatic carbocycles. The summed E-state index contributed by atoms with van der Waals surface area (Å²) < 4.78 is 12.0. The van der Waals surface area contributed by atoms with Crippen molar-refractivity contribution in [3.8, 4) is 11.5 Å². The molecule has 0 amide bonds. The number of halogens is 2. The number of nitrogens with zero attached hydrogens (tertiary/aromatic N) is 1. The highest BCUT2D eigenvalue weighted by atomic mass is 35.5. The fraction of sp³-hybridized carbons (Fsp3) is 0.333. The van der Waals surface area contributed by atoms with Crippen LogP contribution in [0.3, 0.4) is 0 Å². The minimum absolute atomic E-state index is 0.190. The van der Waals surface area contributed by atoms with E-state index in [1.54, 1.807) is 6.07 Å². The molecule has 1 aliphatic rings. The van der Waals surface area contributed by atoms with Crippen molar-refractivity contribution in [3.05, 3.63) is 58.1 Å². The second-order valence-corrected chi connectivity index (χ2v) is 6.67. The predicted molar refractivity (Wildman–Crippen MR) is 93.8 cm³/mol. The molecule has 3 nitrogen and oxygen atoms in total. The van der Waals surface area contributed by atoms with E-state index in [1.165, 1.54) is 0 Å². The number of rotatable bonds is 5. The molecule has 0 bridgehead atoms. The Bertz CT molecular complexity index is 678. The van der Waals surface area contributed by atoms with Crippen LogP contribution in [0.1, 0.15) is 12.0 Å². The Morgan fingerprint density at radius 3 is 2.65 bits per heavy atom. The Kier molecular flexibility index (Phi) is 5.31. The predicted octanol–water partition coefficient (Wildman–Crippen LogP) is 4.66. The van der Waals surface area contributed by atoms with Gasteiger partial charge < -0.3 is 14.4 Å². The standard InChI is InChI=1S/C18H19Cl2NO2/c1-21-8-7-16(11-21)23-17-6-5-15(20)10-18(17)22-12-13-3-2-4-14(19)9-13/h2-6,9-10,16H,7-8,11-12H2,1H3. The Morgan fingerprint density at radius 1 is 1.09 bits per heavy atom. The molecule has 3 rings (SSSR count). The highest BCUT2D eigenvalue weighted by Gasteiger charge is 2.22. The van der Waals surface area contributed by atoms with Gasteiger partial charge >= 0.3 is 0 Å². The molecule has 0 aromatic heterocycles. The van der Waals surface area contributed by atoms with E-state index in [-0.39, 0.29) is 6.10 Å².